The number of aliphatic hydroxyl groups excluding tert-OH is 1. The summed E-state index contributed by atoms with van der Waals surface area (Å²) in [6.07, 6.45) is 2.88. The number of aromatic nitrogens is 1. The highest BCUT2D eigenvalue weighted by Crippen LogP contribution is 2.28. The van der Waals surface area contributed by atoms with E-state index in [0.717, 1.165) is 47.2 Å². The van der Waals surface area contributed by atoms with Gasteiger partial charge < -0.3 is 10.4 Å². The predicted octanol–water partition coefficient (Wildman–Crippen LogP) is 1.94. The van der Waals surface area contributed by atoms with Crippen molar-refractivity contribution >= 4 is 31.9 Å². The van der Waals surface area contributed by atoms with Gasteiger partial charge in [-0.05, 0) is 50.9 Å². The number of hydrogen-bond acceptors (Lipinski definition) is 4. The van der Waals surface area contributed by atoms with Crippen molar-refractivity contribution < 1.29 is 5.11 Å². The monoisotopic (exact) mass is 377 g/mol. The third-order valence-corrected chi connectivity index (χ3v) is 4.21. The first-order valence-electron chi connectivity index (χ1n) is 6.09. The lowest BCUT2D eigenvalue weighted by molar-refractivity contribution is 0.126. The largest absolute Gasteiger partial charge is 0.394 e. The lowest BCUT2D eigenvalue weighted by Crippen LogP contribution is -2.34. The van der Waals surface area contributed by atoms with Gasteiger partial charge >= 0.3 is 0 Å². The molecule has 1 fully saturated rings. The summed E-state index contributed by atoms with van der Waals surface area (Å²) in [6, 6.07) is 1.94. The maximum absolute atomic E-state index is 9.68. The number of aliphatic hydroxyl groups is 1. The van der Waals surface area contributed by atoms with Crippen LogP contribution in [0.5, 0.6) is 0 Å². The second-order valence-corrected chi connectivity index (χ2v) is 6.13. The fourth-order valence-corrected chi connectivity index (χ4v) is 3.48. The Morgan fingerprint density at radius 2 is 2.22 bits per heavy atom. The van der Waals surface area contributed by atoms with Gasteiger partial charge in [-0.25, -0.2) is 0 Å². The van der Waals surface area contributed by atoms with Gasteiger partial charge in [0.05, 0.1) is 18.3 Å². The zero-order valence-corrected chi connectivity index (χ0v) is 13.2. The highest BCUT2D eigenvalue weighted by Gasteiger charge is 2.23. The van der Waals surface area contributed by atoms with Crippen LogP contribution in [0.15, 0.2) is 21.2 Å². The molecule has 0 radical (unpaired) electrons. The third-order valence-electron chi connectivity index (χ3n) is 3.14. The van der Waals surface area contributed by atoms with Gasteiger partial charge in [-0.1, -0.05) is 0 Å². The van der Waals surface area contributed by atoms with E-state index in [1.165, 1.54) is 0 Å². The van der Waals surface area contributed by atoms with Crippen LogP contribution in [0.25, 0.3) is 0 Å². The Balaban J connectivity index is 2.20. The molecule has 1 atom stereocenters. The zero-order valence-electron chi connectivity index (χ0n) is 10.1. The van der Waals surface area contributed by atoms with Crippen LogP contribution in [0.4, 0.5) is 0 Å². The number of nitrogens with zero attached hydrogens (tertiary/aromatic N) is 2. The fraction of sp³-hybridized carbons (Fsp3) is 0.583. The molecule has 2 rings (SSSR count). The molecular formula is C12H17Br2N3O. The van der Waals surface area contributed by atoms with Crippen LogP contribution in [-0.4, -0.2) is 47.8 Å². The minimum absolute atomic E-state index is 0.0348. The lowest BCUT2D eigenvalue weighted by atomic mass is 10.1. The van der Waals surface area contributed by atoms with Crippen LogP contribution < -0.4 is 5.32 Å². The fourth-order valence-electron chi connectivity index (χ4n) is 2.22. The van der Waals surface area contributed by atoms with Gasteiger partial charge in [0, 0.05) is 34.8 Å². The smallest absolute Gasteiger partial charge is 0.0766 e. The van der Waals surface area contributed by atoms with E-state index in [1.807, 2.05) is 6.07 Å². The van der Waals surface area contributed by atoms with Gasteiger partial charge in [-0.3, -0.25) is 9.88 Å². The van der Waals surface area contributed by atoms with E-state index in [9.17, 15) is 5.11 Å². The average molecular weight is 379 g/mol. The normalized spacial score (nSPS) is 19.5. The molecule has 0 bridgehead atoms. The van der Waals surface area contributed by atoms with Crippen molar-refractivity contribution in [3.8, 4) is 0 Å². The molecule has 1 aromatic heterocycles. The molecule has 2 heterocycles. The summed E-state index contributed by atoms with van der Waals surface area (Å²) in [4.78, 5) is 6.73. The highest BCUT2D eigenvalue weighted by molar-refractivity contribution is 9.11. The Hall–Kier alpha value is -0.0100. The predicted molar refractivity (Wildman–Crippen MR) is 78.5 cm³/mol. The second kappa shape index (κ2) is 6.96. The van der Waals surface area contributed by atoms with Crippen molar-refractivity contribution in [2.75, 3.05) is 32.8 Å². The van der Waals surface area contributed by atoms with Crippen LogP contribution in [-0.2, 0) is 0 Å². The molecule has 4 nitrogen and oxygen atoms in total. The van der Waals surface area contributed by atoms with Crippen LogP contribution >= 0.6 is 31.9 Å². The standard InChI is InChI=1S/C12H17Br2N3O/c13-9-6-10(14)12(16-7-9)11(8-18)17-4-1-2-15-3-5-17/h6-7,11,15,18H,1-5,8H2. The first-order valence-corrected chi connectivity index (χ1v) is 7.67. The third kappa shape index (κ3) is 3.51. The van der Waals surface area contributed by atoms with Gasteiger partial charge in [0.15, 0.2) is 0 Å². The molecule has 1 aliphatic rings. The first-order chi connectivity index (χ1) is 8.72. The minimum atomic E-state index is -0.0348. The van der Waals surface area contributed by atoms with Crippen molar-refractivity contribution in [2.45, 2.75) is 12.5 Å². The molecule has 1 aromatic rings. The molecule has 0 amide bonds. The molecule has 0 aliphatic carbocycles. The maximum atomic E-state index is 9.68. The summed E-state index contributed by atoms with van der Waals surface area (Å²) in [5, 5.41) is 13.1. The van der Waals surface area contributed by atoms with E-state index in [-0.39, 0.29) is 12.6 Å². The SMILES string of the molecule is OCC(c1ncc(Br)cc1Br)N1CCCNCC1. The van der Waals surface area contributed by atoms with E-state index >= 15 is 0 Å². The van der Waals surface area contributed by atoms with Crippen molar-refractivity contribution in [2.24, 2.45) is 0 Å². The summed E-state index contributed by atoms with van der Waals surface area (Å²) in [6.45, 7) is 4.03. The van der Waals surface area contributed by atoms with E-state index in [2.05, 4.69) is 47.1 Å². The van der Waals surface area contributed by atoms with Gasteiger partial charge in [0.2, 0.25) is 0 Å². The zero-order chi connectivity index (χ0) is 13.0. The molecule has 6 heteroatoms. The number of rotatable bonds is 3. The van der Waals surface area contributed by atoms with Gasteiger partial charge in [-0.2, -0.15) is 0 Å². The molecule has 1 saturated heterocycles. The molecular weight excluding hydrogens is 362 g/mol. The van der Waals surface area contributed by atoms with E-state index in [4.69, 9.17) is 0 Å². The highest BCUT2D eigenvalue weighted by atomic mass is 79.9. The van der Waals surface area contributed by atoms with Crippen molar-refractivity contribution in [3.63, 3.8) is 0 Å². The van der Waals surface area contributed by atoms with Crippen molar-refractivity contribution in [1.82, 2.24) is 15.2 Å². The topological polar surface area (TPSA) is 48.4 Å². The minimum Gasteiger partial charge on any atom is -0.394 e. The number of pyridine rings is 1. The number of halogens is 2. The first kappa shape index (κ1) is 14.4. The molecule has 100 valence electrons. The molecule has 1 unspecified atom stereocenters. The lowest BCUT2D eigenvalue weighted by Gasteiger charge is -2.29. The maximum Gasteiger partial charge on any atom is 0.0766 e. The summed E-state index contributed by atoms with van der Waals surface area (Å²) < 4.78 is 1.88. The second-order valence-electron chi connectivity index (χ2n) is 4.36. The summed E-state index contributed by atoms with van der Waals surface area (Å²) >= 11 is 6.93. The number of hydrogen-bond donors (Lipinski definition) is 2. The Kier molecular flexibility index (Phi) is 5.56. The summed E-state index contributed by atoms with van der Waals surface area (Å²) in [5.41, 5.74) is 0.905. The Morgan fingerprint density at radius 1 is 1.39 bits per heavy atom. The molecule has 0 spiro atoms. The van der Waals surface area contributed by atoms with Crippen LogP contribution in [0, 0.1) is 0 Å². The van der Waals surface area contributed by atoms with E-state index < -0.39 is 0 Å². The molecule has 0 saturated carbocycles. The summed E-state index contributed by atoms with van der Waals surface area (Å²) in [7, 11) is 0. The van der Waals surface area contributed by atoms with Crippen LogP contribution in [0.2, 0.25) is 0 Å². The molecule has 1 aliphatic heterocycles. The Morgan fingerprint density at radius 3 is 2.94 bits per heavy atom. The van der Waals surface area contributed by atoms with Gasteiger partial charge in [0.1, 0.15) is 0 Å². The molecule has 2 N–H and O–H groups in total. The molecule has 0 aromatic carbocycles. The van der Waals surface area contributed by atoms with Gasteiger partial charge in [-0.15, -0.1) is 0 Å². The van der Waals surface area contributed by atoms with Crippen molar-refractivity contribution in [1.29, 1.82) is 0 Å². The quantitative estimate of drug-likeness (QED) is 0.843. The average Bonchev–Trinajstić information content (AvgIpc) is 2.62. The van der Waals surface area contributed by atoms with E-state index in [1.54, 1.807) is 6.20 Å². The summed E-state index contributed by atoms with van der Waals surface area (Å²) in [5.74, 6) is 0. The van der Waals surface area contributed by atoms with Crippen molar-refractivity contribution in [3.05, 3.63) is 26.9 Å². The van der Waals surface area contributed by atoms with Gasteiger partial charge in [0.25, 0.3) is 0 Å². The van der Waals surface area contributed by atoms with Crippen LogP contribution in [0.3, 0.4) is 0 Å². The van der Waals surface area contributed by atoms with Crippen LogP contribution in [0.1, 0.15) is 18.2 Å². The number of nitrogens with one attached hydrogen (secondary N) is 1. The molecule has 18 heavy (non-hydrogen) atoms. The Labute approximate surface area is 124 Å². The van der Waals surface area contributed by atoms with E-state index in [0.29, 0.717) is 0 Å². The Bertz CT molecular complexity index is 395.